The number of urea groups is 1. The van der Waals surface area contributed by atoms with Crippen LogP contribution < -0.4 is 5.32 Å². The molecule has 1 unspecified atom stereocenters. The van der Waals surface area contributed by atoms with Gasteiger partial charge in [0.15, 0.2) is 0 Å². The van der Waals surface area contributed by atoms with Crippen LogP contribution in [0.15, 0.2) is 12.4 Å². The lowest BCUT2D eigenvalue weighted by Crippen LogP contribution is -2.54. The smallest absolute Gasteiger partial charge is 0.369 e. The zero-order chi connectivity index (χ0) is 16.5. The zero-order valence-corrected chi connectivity index (χ0v) is 12.6. The van der Waals surface area contributed by atoms with E-state index in [0.29, 0.717) is 13.1 Å². The summed E-state index contributed by atoms with van der Waals surface area (Å²) in [5, 5.41) is 6.14. The van der Waals surface area contributed by atoms with Crippen molar-refractivity contribution in [2.45, 2.75) is 45.2 Å². The van der Waals surface area contributed by atoms with Gasteiger partial charge in [0.25, 0.3) is 0 Å². The van der Waals surface area contributed by atoms with E-state index in [1.54, 1.807) is 4.90 Å². The van der Waals surface area contributed by atoms with Crippen molar-refractivity contribution in [2.24, 2.45) is 0 Å². The predicted octanol–water partition coefficient (Wildman–Crippen LogP) is 2.48. The molecule has 1 fully saturated rings. The second kappa shape index (κ2) is 5.79. The lowest BCUT2D eigenvalue weighted by Gasteiger charge is -2.41. The van der Waals surface area contributed by atoms with E-state index < -0.39 is 18.3 Å². The van der Waals surface area contributed by atoms with Crippen LogP contribution in [0.3, 0.4) is 0 Å². The standard InChI is InChI=1S/C13H19F3N4O2/c1-9-5-19(7-12(2,3)22-9)11(21)18-10-4-17-20(6-10)8-13(14,15)16/h4,6,9H,5,7-8H2,1-3H3,(H,18,21). The molecule has 2 amide bonds. The summed E-state index contributed by atoms with van der Waals surface area (Å²) >= 11 is 0. The van der Waals surface area contributed by atoms with Crippen molar-refractivity contribution < 1.29 is 22.7 Å². The van der Waals surface area contributed by atoms with Gasteiger partial charge in [0.1, 0.15) is 6.54 Å². The van der Waals surface area contributed by atoms with Crippen LogP contribution in [0.1, 0.15) is 20.8 Å². The van der Waals surface area contributed by atoms with E-state index in [4.69, 9.17) is 4.74 Å². The molecule has 2 heterocycles. The first-order valence-corrected chi connectivity index (χ1v) is 6.87. The first-order valence-electron chi connectivity index (χ1n) is 6.87. The summed E-state index contributed by atoms with van der Waals surface area (Å²) in [7, 11) is 0. The van der Waals surface area contributed by atoms with Gasteiger partial charge in [0.05, 0.1) is 30.1 Å². The minimum absolute atomic E-state index is 0.109. The average molecular weight is 320 g/mol. The van der Waals surface area contributed by atoms with E-state index in [2.05, 4.69) is 10.4 Å². The van der Waals surface area contributed by atoms with Gasteiger partial charge in [-0.05, 0) is 20.8 Å². The summed E-state index contributed by atoms with van der Waals surface area (Å²) in [5.74, 6) is 0. The summed E-state index contributed by atoms with van der Waals surface area (Å²) < 4.78 is 43.2. The molecule has 1 aromatic heterocycles. The Morgan fingerprint density at radius 2 is 2.23 bits per heavy atom. The number of carbonyl (C=O) groups excluding carboxylic acids is 1. The van der Waals surface area contributed by atoms with Gasteiger partial charge in [-0.3, -0.25) is 4.68 Å². The van der Waals surface area contributed by atoms with E-state index in [-0.39, 0.29) is 17.8 Å². The van der Waals surface area contributed by atoms with Crippen molar-refractivity contribution in [1.29, 1.82) is 0 Å². The molecule has 1 aromatic rings. The molecular formula is C13H19F3N4O2. The number of carbonyl (C=O) groups is 1. The molecule has 0 spiro atoms. The van der Waals surface area contributed by atoms with Gasteiger partial charge >= 0.3 is 12.2 Å². The van der Waals surface area contributed by atoms with Crippen molar-refractivity contribution in [1.82, 2.24) is 14.7 Å². The van der Waals surface area contributed by atoms with Gasteiger partial charge in [-0.25, -0.2) is 4.79 Å². The molecule has 9 heteroatoms. The number of rotatable bonds is 2. The molecule has 1 N–H and O–H groups in total. The number of aromatic nitrogens is 2. The summed E-state index contributed by atoms with van der Waals surface area (Å²) in [6.07, 6.45) is -2.11. The van der Waals surface area contributed by atoms with Crippen molar-refractivity contribution >= 4 is 11.7 Å². The second-order valence-corrected chi connectivity index (χ2v) is 6.04. The Morgan fingerprint density at radius 3 is 2.82 bits per heavy atom. The van der Waals surface area contributed by atoms with E-state index in [1.165, 1.54) is 6.20 Å². The fourth-order valence-corrected chi connectivity index (χ4v) is 2.51. The predicted molar refractivity (Wildman–Crippen MR) is 73.5 cm³/mol. The molecule has 2 rings (SSSR count). The Hall–Kier alpha value is -1.77. The molecular weight excluding hydrogens is 301 g/mol. The third-order valence-electron chi connectivity index (χ3n) is 3.08. The number of nitrogens with one attached hydrogen (secondary N) is 1. The lowest BCUT2D eigenvalue weighted by atomic mass is 10.1. The van der Waals surface area contributed by atoms with Gasteiger partial charge in [-0.1, -0.05) is 0 Å². The van der Waals surface area contributed by atoms with E-state index >= 15 is 0 Å². The van der Waals surface area contributed by atoms with Crippen LogP contribution in [0.25, 0.3) is 0 Å². The number of morpholine rings is 1. The molecule has 6 nitrogen and oxygen atoms in total. The Kier molecular flexibility index (Phi) is 4.37. The highest BCUT2D eigenvalue weighted by atomic mass is 19.4. The second-order valence-electron chi connectivity index (χ2n) is 6.04. The number of anilines is 1. The molecule has 0 aromatic carbocycles. The van der Waals surface area contributed by atoms with Crippen LogP contribution in [0.5, 0.6) is 0 Å². The number of halogens is 3. The summed E-state index contributed by atoms with van der Waals surface area (Å²) in [6, 6.07) is -0.380. The molecule has 0 aliphatic carbocycles. The van der Waals surface area contributed by atoms with Crippen LogP contribution >= 0.6 is 0 Å². The van der Waals surface area contributed by atoms with Gasteiger partial charge in [-0.15, -0.1) is 0 Å². The van der Waals surface area contributed by atoms with Crippen molar-refractivity contribution in [3.8, 4) is 0 Å². The third kappa shape index (κ3) is 4.62. The Morgan fingerprint density at radius 1 is 1.55 bits per heavy atom. The largest absolute Gasteiger partial charge is 0.408 e. The van der Waals surface area contributed by atoms with Crippen molar-refractivity contribution in [2.75, 3.05) is 18.4 Å². The number of nitrogens with zero attached hydrogens (tertiary/aromatic N) is 3. The monoisotopic (exact) mass is 320 g/mol. The fourth-order valence-electron chi connectivity index (χ4n) is 2.51. The number of hydrogen-bond acceptors (Lipinski definition) is 3. The van der Waals surface area contributed by atoms with Crippen LogP contribution in [0, 0.1) is 0 Å². The molecule has 0 bridgehead atoms. The molecule has 1 aliphatic rings. The third-order valence-corrected chi connectivity index (χ3v) is 3.08. The van der Waals surface area contributed by atoms with Crippen molar-refractivity contribution in [3.05, 3.63) is 12.4 Å². The van der Waals surface area contributed by atoms with Crippen LogP contribution in [0.4, 0.5) is 23.7 Å². The van der Waals surface area contributed by atoms with E-state index in [0.717, 1.165) is 10.9 Å². The molecule has 1 aliphatic heterocycles. The van der Waals surface area contributed by atoms with Crippen LogP contribution in [0.2, 0.25) is 0 Å². The number of amides is 2. The summed E-state index contributed by atoms with van der Waals surface area (Å²) in [6.45, 7) is 5.26. The Bertz CT molecular complexity index is 542. The number of hydrogen-bond donors (Lipinski definition) is 1. The quantitative estimate of drug-likeness (QED) is 0.911. The van der Waals surface area contributed by atoms with Crippen molar-refractivity contribution in [3.63, 3.8) is 0 Å². The molecule has 22 heavy (non-hydrogen) atoms. The van der Waals surface area contributed by atoms with Crippen LogP contribution in [-0.2, 0) is 11.3 Å². The van der Waals surface area contributed by atoms with Gasteiger partial charge < -0.3 is 15.0 Å². The number of ether oxygens (including phenoxy) is 1. The average Bonchev–Trinajstić information content (AvgIpc) is 2.71. The summed E-state index contributed by atoms with van der Waals surface area (Å²) in [4.78, 5) is 13.8. The van der Waals surface area contributed by atoms with Gasteiger partial charge in [-0.2, -0.15) is 18.3 Å². The first kappa shape index (κ1) is 16.6. The minimum atomic E-state index is -4.35. The molecule has 1 saturated heterocycles. The lowest BCUT2D eigenvalue weighted by molar-refractivity contribution is -0.142. The SMILES string of the molecule is CC1CN(C(=O)Nc2cnn(CC(F)(F)F)c2)CC(C)(C)O1. The van der Waals surface area contributed by atoms with Crippen LogP contribution in [-0.4, -0.2) is 51.7 Å². The molecule has 0 saturated carbocycles. The van der Waals surface area contributed by atoms with E-state index in [1.807, 2.05) is 20.8 Å². The Balaban J connectivity index is 1.97. The highest BCUT2D eigenvalue weighted by molar-refractivity contribution is 5.89. The minimum Gasteiger partial charge on any atom is -0.369 e. The maximum absolute atomic E-state index is 12.3. The zero-order valence-electron chi connectivity index (χ0n) is 12.6. The summed E-state index contributed by atoms with van der Waals surface area (Å²) in [5.41, 5.74) is -0.235. The maximum atomic E-state index is 12.3. The van der Waals surface area contributed by atoms with Gasteiger partial charge in [0.2, 0.25) is 0 Å². The highest BCUT2D eigenvalue weighted by Gasteiger charge is 2.34. The van der Waals surface area contributed by atoms with E-state index in [9.17, 15) is 18.0 Å². The fraction of sp³-hybridized carbons (Fsp3) is 0.692. The van der Waals surface area contributed by atoms with Gasteiger partial charge in [0, 0.05) is 12.7 Å². The normalized spacial score (nSPS) is 21.7. The maximum Gasteiger partial charge on any atom is 0.408 e. The number of alkyl halides is 3. The Labute approximate surface area is 126 Å². The highest BCUT2D eigenvalue weighted by Crippen LogP contribution is 2.22. The first-order chi connectivity index (χ1) is 10.0. The molecule has 124 valence electrons. The molecule has 0 radical (unpaired) electrons. The molecule has 1 atom stereocenters. The topological polar surface area (TPSA) is 59.4 Å².